The van der Waals surface area contributed by atoms with Crippen molar-refractivity contribution in [3.8, 4) is 11.3 Å². The molecule has 44 heavy (non-hydrogen) atoms. The molecule has 6 rings (SSSR count). The zero-order valence-electron chi connectivity index (χ0n) is 25.7. The molecule has 1 aromatic carbocycles. The summed E-state index contributed by atoms with van der Waals surface area (Å²) in [6, 6.07) is 8.21. The lowest BCUT2D eigenvalue weighted by Crippen LogP contribution is -2.44. The molecular weight excluding hydrogens is 561 g/mol. The number of pyridine rings is 1. The van der Waals surface area contributed by atoms with Crippen LogP contribution in [-0.4, -0.2) is 92.6 Å². The first-order valence-corrected chi connectivity index (χ1v) is 15.5. The number of imidazole rings is 1. The lowest BCUT2D eigenvalue weighted by Gasteiger charge is -2.34. The number of aliphatic hydroxyl groups excluding tert-OH is 1. The van der Waals surface area contributed by atoms with Gasteiger partial charge < -0.3 is 24.8 Å². The first-order chi connectivity index (χ1) is 21.3. The molecule has 3 N–H and O–H groups in total. The molecule has 12 heteroatoms. The smallest absolute Gasteiger partial charge is 0.261 e. The van der Waals surface area contributed by atoms with E-state index in [9.17, 15) is 9.90 Å². The fraction of sp³-hybridized carbons (Fsp3) is 0.500. The topological polar surface area (TPSA) is 116 Å². The molecule has 0 spiro atoms. The van der Waals surface area contributed by atoms with E-state index in [0.717, 1.165) is 68.6 Å². The molecule has 234 valence electrons. The summed E-state index contributed by atoms with van der Waals surface area (Å²) < 4.78 is 19.2. The predicted molar refractivity (Wildman–Crippen MR) is 169 cm³/mol. The van der Waals surface area contributed by atoms with Crippen LogP contribution in [0, 0.1) is 5.82 Å². The Kier molecular flexibility index (Phi) is 8.92. The highest BCUT2D eigenvalue weighted by Crippen LogP contribution is 2.36. The molecule has 1 amide bonds. The summed E-state index contributed by atoms with van der Waals surface area (Å²) >= 11 is 0. The van der Waals surface area contributed by atoms with Crippen LogP contribution in [0.4, 0.5) is 16.0 Å². The average Bonchev–Trinajstić information content (AvgIpc) is 3.60. The summed E-state index contributed by atoms with van der Waals surface area (Å²) in [6.45, 7) is 3.93. The van der Waals surface area contributed by atoms with Crippen molar-refractivity contribution in [1.82, 2.24) is 34.5 Å². The average molecular weight is 604 g/mol. The number of aliphatic hydroxyl groups is 1. The van der Waals surface area contributed by atoms with Crippen molar-refractivity contribution in [1.29, 1.82) is 0 Å². The van der Waals surface area contributed by atoms with Gasteiger partial charge in [0, 0.05) is 69.0 Å². The summed E-state index contributed by atoms with van der Waals surface area (Å²) in [6.07, 6.45) is 9.32. The molecule has 1 aliphatic heterocycles. The van der Waals surface area contributed by atoms with Crippen LogP contribution < -0.4 is 15.5 Å². The van der Waals surface area contributed by atoms with Crippen LogP contribution in [-0.2, 0) is 7.05 Å². The number of carbonyl (C=O) groups excluding carboxylic acids is 1. The number of halogens is 1. The number of nitrogens with zero attached hydrogens (tertiary/aromatic N) is 7. The monoisotopic (exact) mass is 603 g/mol. The molecule has 3 aromatic heterocycles. The molecule has 0 atom stereocenters. The minimum absolute atomic E-state index is 0.0498. The Morgan fingerprint density at radius 1 is 1.11 bits per heavy atom. The van der Waals surface area contributed by atoms with Crippen molar-refractivity contribution in [3.63, 3.8) is 0 Å². The molecule has 0 unspecified atom stereocenters. The second-order valence-electron chi connectivity index (χ2n) is 12.3. The van der Waals surface area contributed by atoms with Gasteiger partial charge in [-0.3, -0.25) is 19.8 Å². The van der Waals surface area contributed by atoms with E-state index in [1.165, 1.54) is 18.5 Å². The van der Waals surface area contributed by atoms with Gasteiger partial charge in [-0.25, -0.2) is 9.37 Å². The standard InChI is InChI=1S/C32H42FN9O2/c1-39(2)17-14-34-22-11-15-41(16-12-22)24-6-9-27-28(18-24)42(23-4-7-25(43)8-5-23)32(37-27)38-31(44)26-10-13-35-30(29(26)33)21-19-36-40(3)20-21/h6,9-10,13,18-20,22-23,25,34,43H,4-5,7-8,11-12,14-17H2,1-3H3,(H,37,38,44). The highest BCUT2D eigenvalue weighted by atomic mass is 19.1. The second-order valence-corrected chi connectivity index (χ2v) is 12.3. The fourth-order valence-electron chi connectivity index (χ4n) is 6.42. The molecule has 1 saturated heterocycles. The van der Waals surface area contributed by atoms with Crippen molar-refractivity contribution < 1.29 is 14.3 Å². The minimum Gasteiger partial charge on any atom is -0.393 e. The highest BCUT2D eigenvalue weighted by Gasteiger charge is 2.28. The molecule has 0 radical (unpaired) electrons. The quantitative estimate of drug-likeness (QED) is 0.265. The number of hydrogen-bond acceptors (Lipinski definition) is 8. The Morgan fingerprint density at radius 3 is 2.59 bits per heavy atom. The van der Waals surface area contributed by atoms with Crippen molar-refractivity contribution >= 4 is 28.6 Å². The van der Waals surface area contributed by atoms with Crippen LogP contribution >= 0.6 is 0 Å². The normalized spacial score (nSPS) is 19.6. The van der Waals surface area contributed by atoms with E-state index in [1.54, 1.807) is 17.9 Å². The van der Waals surface area contributed by atoms with Gasteiger partial charge in [0.05, 0.1) is 28.9 Å². The first kappa shape index (κ1) is 30.2. The van der Waals surface area contributed by atoms with Crippen LogP contribution in [0.2, 0.25) is 0 Å². The number of anilines is 2. The van der Waals surface area contributed by atoms with Crippen molar-refractivity contribution in [2.24, 2.45) is 7.05 Å². The van der Waals surface area contributed by atoms with Gasteiger partial charge in [0.15, 0.2) is 5.82 Å². The number of hydrogen-bond donors (Lipinski definition) is 3. The molecule has 11 nitrogen and oxygen atoms in total. The van der Waals surface area contributed by atoms with Gasteiger partial charge in [0.25, 0.3) is 5.91 Å². The summed E-state index contributed by atoms with van der Waals surface area (Å²) in [5, 5.41) is 20.9. The van der Waals surface area contributed by atoms with E-state index >= 15 is 4.39 Å². The number of likely N-dealkylation sites (N-methyl/N-ethyl adjacent to an activating group) is 1. The first-order valence-electron chi connectivity index (χ1n) is 15.5. The lowest BCUT2D eigenvalue weighted by molar-refractivity contribution is 0.101. The second kappa shape index (κ2) is 13.0. The number of benzene rings is 1. The largest absolute Gasteiger partial charge is 0.393 e. The molecule has 1 saturated carbocycles. The third kappa shape index (κ3) is 6.47. The van der Waals surface area contributed by atoms with Crippen LogP contribution in [0.3, 0.4) is 0 Å². The zero-order valence-corrected chi connectivity index (χ0v) is 25.7. The number of carbonyl (C=O) groups is 1. The van der Waals surface area contributed by atoms with Gasteiger partial charge in [-0.05, 0) is 76.9 Å². The van der Waals surface area contributed by atoms with E-state index in [-0.39, 0.29) is 23.4 Å². The van der Waals surface area contributed by atoms with Crippen LogP contribution in [0.1, 0.15) is 54.9 Å². The van der Waals surface area contributed by atoms with Crippen LogP contribution in [0.25, 0.3) is 22.3 Å². The molecule has 4 heterocycles. The maximum atomic E-state index is 15.6. The maximum Gasteiger partial charge on any atom is 0.261 e. The zero-order chi connectivity index (χ0) is 30.8. The van der Waals surface area contributed by atoms with Gasteiger partial charge >= 0.3 is 0 Å². The lowest BCUT2D eigenvalue weighted by atomic mass is 9.93. The van der Waals surface area contributed by atoms with Crippen LogP contribution in [0.5, 0.6) is 0 Å². The number of piperidine rings is 1. The number of fused-ring (bicyclic) bond motifs is 1. The van der Waals surface area contributed by atoms with E-state index in [1.807, 2.05) is 6.07 Å². The Morgan fingerprint density at radius 2 is 1.89 bits per heavy atom. The molecule has 0 bridgehead atoms. The number of amides is 1. The van der Waals surface area contributed by atoms with Crippen LogP contribution in [0.15, 0.2) is 42.9 Å². The van der Waals surface area contributed by atoms with Crippen molar-refractivity contribution in [3.05, 3.63) is 54.2 Å². The summed E-state index contributed by atoms with van der Waals surface area (Å²) in [4.78, 5) is 27.1. The van der Waals surface area contributed by atoms with Crippen molar-refractivity contribution in [2.75, 3.05) is 50.5 Å². The van der Waals surface area contributed by atoms with Gasteiger partial charge in [-0.2, -0.15) is 5.10 Å². The van der Waals surface area contributed by atoms with E-state index in [2.05, 4.69) is 61.3 Å². The van der Waals surface area contributed by atoms with E-state index < -0.39 is 11.7 Å². The summed E-state index contributed by atoms with van der Waals surface area (Å²) in [5.74, 6) is -0.915. The third-order valence-electron chi connectivity index (χ3n) is 8.89. The predicted octanol–water partition coefficient (Wildman–Crippen LogP) is 3.82. The summed E-state index contributed by atoms with van der Waals surface area (Å²) in [5.41, 5.74) is 3.27. The number of aryl methyl sites for hydroxylation is 1. The fourth-order valence-corrected chi connectivity index (χ4v) is 6.42. The number of nitrogens with one attached hydrogen (secondary N) is 2. The molecular formula is C32H42FN9O2. The highest BCUT2D eigenvalue weighted by molar-refractivity contribution is 6.05. The Balaban J connectivity index is 1.26. The minimum atomic E-state index is -0.705. The van der Waals surface area contributed by atoms with E-state index in [4.69, 9.17) is 4.98 Å². The SMILES string of the molecule is CN(C)CCNC1CCN(c2ccc3nc(NC(=O)c4ccnc(-c5cnn(C)c5)c4F)n(C4CCC(O)CC4)c3c2)CC1. The number of rotatable bonds is 9. The van der Waals surface area contributed by atoms with Crippen molar-refractivity contribution in [2.45, 2.75) is 56.7 Å². The molecule has 4 aromatic rings. The third-order valence-corrected chi connectivity index (χ3v) is 8.89. The van der Waals surface area contributed by atoms with Gasteiger partial charge in [-0.15, -0.1) is 0 Å². The van der Waals surface area contributed by atoms with Gasteiger partial charge in [0.2, 0.25) is 5.95 Å². The molecule has 1 aliphatic carbocycles. The maximum absolute atomic E-state index is 15.6. The van der Waals surface area contributed by atoms with Gasteiger partial charge in [-0.1, -0.05) is 0 Å². The Labute approximate surface area is 257 Å². The Bertz CT molecular complexity index is 1600. The summed E-state index contributed by atoms with van der Waals surface area (Å²) in [7, 11) is 5.92. The Hall–Kier alpha value is -3.87. The van der Waals surface area contributed by atoms with Gasteiger partial charge in [0.1, 0.15) is 5.69 Å². The number of aromatic nitrogens is 5. The van der Waals surface area contributed by atoms with E-state index in [0.29, 0.717) is 30.4 Å². The molecule has 2 fully saturated rings. The molecule has 2 aliphatic rings.